The summed E-state index contributed by atoms with van der Waals surface area (Å²) in [6.45, 7) is 7.85. The molecule has 1 amide bonds. The third kappa shape index (κ3) is 19.9. The minimum absolute atomic E-state index is 0.108. The van der Waals surface area contributed by atoms with Crippen LogP contribution in [0.3, 0.4) is 0 Å². The van der Waals surface area contributed by atoms with Gasteiger partial charge in [-0.25, -0.2) is 0 Å². The number of rotatable bonds is 4. The zero-order valence-corrected chi connectivity index (χ0v) is 20.8. The first-order chi connectivity index (χ1) is 16.8. The van der Waals surface area contributed by atoms with Crippen LogP contribution in [0.5, 0.6) is 0 Å². The van der Waals surface area contributed by atoms with Crippen molar-refractivity contribution in [3.8, 4) is 0 Å². The van der Waals surface area contributed by atoms with Crippen LogP contribution in [0.2, 0.25) is 0 Å². The molecule has 3 aromatic rings. The Bertz CT molecular complexity index is 813. The van der Waals surface area contributed by atoms with Crippen molar-refractivity contribution in [1.82, 2.24) is 10.6 Å². The van der Waals surface area contributed by atoms with Crippen LogP contribution < -0.4 is 10.6 Å². The number of hydrogen-bond donors (Lipinski definition) is 4. The van der Waals surface area contributed by atoms with Gasteiger partial charge in [0.2, 0.25) is 12.5 Å². The predicted octanol–water partition coefficient (Wildman–Crippen LogP) is 3.56. The fourth-order valence-corrected chi connectivity index (χ4v) is 2.49. The van der Waals surface area contributed by atoms with Gasteiger partial charge in [-0.1, -0.05) is 106 Å². The largest absolute Gasteiger partial charge is 0.472 e. The molecule has 0 spiro atoms. The molecule has 4 N–H and O–H groups in total. The quantitative estimate of drug-likeness (QED) is 0.195. The third-order valence-electron chi connectivity index (χ3n) is 4.04. The molecule has 8 nitrogen and oxygen atoms in total. The molecule has 1 unspecified atom stereocenters. The number of hydrogen-bond acceptors (Lipinski definition) is 6. The standard InChI is InChI=1S/C10H8.C6H6.C4H8N2O2.C4H10.C2H6BNO3/c1-2-6-10-8-4-3-7-9(10)5-1;1-2-4-6-5-3-1;7-6(8)4-1-2-5-3-4;1-4(2)3;5-2-4-1-3(6)7/h1-8H;1-6H;4-5H,1-3H2;4H,1-3H3;2,6-7H,1H2,(H,4,5). The van der Waals surface area contributed by atoms with E-state index in [0.29, 0.717) is 19.4 Å². The average molecular weight is 483 g/mol. The summed E-state index contributed by atoms with van der Waals surface area (Å²) in [5.41, 5.74) is 0. The van der Waals surface area contributed by atoms with Crippen molar-refractivity contribution in [3.63, 3.8) is 0 Å². The summed E-state index contributed by atoms with van der Waals surface area (Å²) in [6, 6.07) is 28.4. The summed E-state index contributed by atoms with van der Waals surface area (Å²) in [6.07, 6.45) is 0.982. The Morgan fingerprint density at radius 3 is 1.57 bits per heavy atom. The van der Waals surface area contributed by atoms with E-state index in [-0.39, 0.29) is 17.4 Å². The van der Waals surface area contributed by atoms with Crippen LogP contribution in [0.25, 0.3) is 10.8 Å². The Morgan fingerprint density at radius 2 is 1.37 bits per heavy atom. The molecule has 0 aromatic heterocycles. The number of amides is 1. The van der Waals surface area contributed by atoms with E-state index < -0.39 is 7.12 Å². The fourth-order valence-electron chi connectivity index (χ4n) is 2.49. The number of nitrogens with one attached hydrogen (secondary N) is 2. The number of nitro groups is 1. The number of carbonyl (C=O) groups excluding carboxylic acids is 1. The maximum atomic E-state index is 9.97. The van der Waals surface area contributed by atoms with Crippen LogP contribution in [0.15, 0.2) is 84.9 Å². The molecule has 1 aliphatic heterocycles. The van der Waals surface area contributed by atoms with Crippen molar-refractivity contribution in [2.75, 3.05) is 19.5 Å². The van der Waals surface area contributed by atoms with Crippen LogP contribution >= 0.6 is 0 Å². The summed E-state index contributed by atoms with van der Waals surface area (Å²) < 4.78 is 0. The van der Waals surface area contributed by atoms with Gasteiger partial charge in [0.25, 0.3) is 0 Å². The van der Waals surface area contributed by atoms with Crippen molar-refractivity contribution >= 4 is 24.3 Å². The minimum atomic E-state index is -1.44. The lowest BCUT2D eigenvalue weighted by molar-refractivity contribution is -0.517. The Labute approximate surface area is 208 Å². The molecule has 0 aliphatic carbocycles. The topological polar surface area (TPSA) is 125 Å². The molecule has 1 heterocycles. The molecular formula is C26H38BN3O5. The Balaban J connectivity index is 0.000000426. The van der Waals surface area contributed by atoms with Crippen LogP contribution in [0, 0.1) is 16.0 Å². The van der Waals surface area contributed by atoms with Crippen molar-refractivity contribution in [1.29, 1.82) is 0 Å². The van der Waals surface area contributed by atoms with Crippen LogP contribution in [0.1, 0.15) is 27.2 Å². The lowest BCUT2D eigenvalue weighted by Gasteiger charge is -1.94. The molecule has 1 fully saturated rings. The van der Waals surface area contributed by atoms with Gasteiger partial charge in [-0.2, -0.15) is 0 Å². The second-order valence-electron chi connectivity index (χ2n) is 8.17. The van der Waals surface area contributed by atoms with E-state index >= 15 is 0 Å². The molecule has 190 valence electrons. The van der Waals surface area contributed by atoms with Gasteiger partial charge in [0.1, 0.15) is 0 Å². The van der Waals surface area contributed by atoms with Crippen LogP contribution in [-0.4, -0.2) is 54.1 Å². The van der Waals surface area contributed by atoms with Gasteiger partial charge >= 0.3 is 7.12 Å². The summed E-state index contributed by atoms with van der Waals surface area (Å²) >= 11 is 0. The van der Waals surface area contributed by atoms with Crippen molar-refractivity contribution in [3.05, 3.63) is 95.0 Å². The molecule has 3 aromatic carbocycles. The van der Waals surface area contributed by atoms with Gasteiger partial charge in [0.15, 0.2) is 0 Å². The van der Waals surface area contributed by atoms with Crippen molar-refractivity contribution < 1.29 is 19.8 Å². The average Bonchev–Trinajstić information content (AvgIpc) is 3.40. The summed E-state index contributed by atoms with van der Waals surface area (Å²) in [7, 11) is -1.44. The minimum Gasteiger partial charge on any atom is -0.426 e. The monoisotopic (exact) mass is 483 g/mol. The lowest BCUT2D eigenvalue weighted by Crippen LogP contribution is -2.29. The highest BCUT2D eigenvalue weighted by Crippen LogP contribution is 2.11. The zero-order valence-electron chi connectivity index (χ0n) is 20.8. The van der Waals surface area contributed by atoms with Crippen molar-refractivity contribution in [2.45, 2.75) is 33.2 Å². The van der Waals surface area contributed by atoms with Gasteiger partial charge in [-0.15, -0.1) is 0 Å². The highest BCUT2D eigenvalue weighted by Gasteiger charge is 2.23. The third-order valence-corrected chi connectivity index (χ3v) is 4.04. The fraction of sp³-hybridized carbons (Fsp3) is 0.346. The maximum Gasteiger partial charge on any atom is 0.472 e. The van der Waals surface area contributed by atoms with Gasteiger partial charge in [0.05, 0.1) is 13.0 Å². The van der Waals surface area contributed by atoms with Gasteiger partial charge in [-0.05, 0) is 16.7 Å². The number of nitrogens with zero attached hydrogens (tertiary/aromatic N) is 1. The first-order valence-electron chi connectivity index (χ1n) is 11.6. The van der Waals surface area contributed by atoms with Crippen LogP contribution in [-0.2, 0) is 4.79 Å². The summed E-state index contributed by atoms with van der Waals surface area (Å²) in [5, 5.41) is 33.6. The number of benzene rings is 3. The zero-order chi connectivity index (χ0) is 26.3. The van der Waals surface area contributed by atoms with Gasteiger partial charge in [-0.3, -0.25) is 14.9 Å². The number of carbonyl (C=O) groups is 1. The van der Waals surface area contributed by atoms with E-state index in [4.69, 9.17) is 10.0 Å². The normalized spacial score (nSPS) is 13.3. The first-order valence-corrected chi connectivity index (χ1v) is 11.6. The van der Waals surface area contributed by atoms with E-state index in [1.54, 1.807) is 0 Å². The molecule has 0 bridgehead atoms. The molecule has 4 rings (SSSR count). The van der Waals surface area contributed by atoms with Gasteiger partial charge < -0.3 is 20.7 Å². The Hall–Kier alpha value is -3.27. The van der Waals surface area contributed by atoms with E-state index in [0.717, 1.165) is 12.5 Å². The van der Waals surface area contributed by atoms with E-state index in [9.17, 15) is 14.9 Å². The summed E-state index contributed by atoms with van der Waals surface area (Å²) in [5.74, 6) is 0.833. The molecule has 0 saturated carbocycles. The summed E-state index contributed by atoms with van der Waals surface area (Å²) in [4.78, 5) is 19.1. The molecule has 1 saturated heterocycles. The Kier molecular flexibility index (Phi) is 19.3. The van der Waals surface area contributed by atoms with E-state index in [2.05, 4.69) is 79.9 Å². The molecule has 9 heteroatoms. The lowest BCUT2D eigenvalue weighted by atomic mass is 9.93. The maximum absolute atomic E-state index is 9.97. The van der Waals surface area contributed by atoms with Crippen LogP contribution in [0.4, 0.5) is 0 Å². The second kappa shape index (κ2) is 21.3. The predicted molar refractivity (Wildman–Crippen MR) is 143 cm³/mol. The molecule has 1 aliphatic rings. The molecule has 1 atom stereocenters. The molecular weight excluding hydrogens is 445 g/mol. The van der Waals surface area contributed by atoms with Gasteiger partial charge in [0, 0.05) is 17.9 Å². The first kappa shape index (κ1) is 31.7. The SMILES string of the molecule is CC(C)C.O=CNCB(O)O.O=[N+]([O-])C1CCNC1.c1ccc2ccccc2c1.c1ccccc1. The highest BCUT2D eigenvalue weighted by atomic mass is 16.6. The Morgan fingerprint density at radius 1 is 0.971 bits per heavy atom. The van der Waals surface area contributed by atoms with Crippen molar-refractivity contribution in [2.24, 2.45) is 5.92 Å². The van der Waals surface area contributed by atoms with E-state index in [1.807, 2.05) is 36.4 Å². The smallest absolute Gasteiger partial charge is 0.426 e. The van der Waals surface area contributed by atoms with E-state index in [1.165, 1.54) is 10.8 Å². The highest BCUT2D eigenvalue weighted by molar-refractivity contribution is 6.41. The second-order valence-corrected chi connectivity index (χ2v) is 8.17. The molecule has 35 heavy (non-hydrogen) atoms. The number of fused-ring (bicyclic) bond motifs is 1. The molecule has 0 radical (unpaired) electrons.